The van der Waals surface area contributed by atoms with Crippen molar-refractivity contribution in [3.8, 4) is 0 Å². The van der Waals surface area contributed by atoms with E-state index in [2.05, 4.69) is 5.32 Å². The number of quaternary nitrogens is 1. The molecule has 6 nitrogen and oxygen atoms in total. The number of piperazine rings is 1. The van der Waals surface area contributed by atoms with Crippen LogP contribution in [0.5, 0.6) is 0 Å². The van der Waals surface area contributed by atoms with E-state index in [1.54, 1.807) is 36.4 Å². The Morgan fingerprint density at radius 2 is 1.72 bits per heavy atom. The summed E-state index contributed by atoms with van der Waals surface area (Å²) in [4.78, 5) is 23.8. The summed E-state index contributed by atoms with van der Waals surface area (Å²) in [6.07, 6.45) is 0. The summed E-state index contributed by atoms with van der Waals surface area (Å²) in [6.45, 7) is 3.20. The van der Waals surface area contributed by atoms with Gasteiger partial charge < -0.3 is 5.32 Å². The Kier molecular flexibility index (Phi) is 5.89. The molecule has 132 valence electrons. The van der Waals surface area contributed by atoms with Gasteiger partial charge in [0.15, 0.2) is 5.78 Å². The second kappa shape index (κ2) is 7.74. The van der Waals surface area contributed by atoms with Gasteiger partial charge in [-0.15, -0.1) is 12.4 Å². The number of hydrogen-bond donors (Lipinski definition) is 1. The Hall–Kier alpha value is -2.28. The molecule has 1 aliphatic heterocycles. The van der Waals surface area contributed by atoms with Crippen LogP contribution in [-0.4, -0.2) is 43.9 Å². The molecule has 0 aromatic heterocycles. The van der Waals surface area contributed by atoms with Crippen molar-refractivity contribution in [2.45, 2.75) is 0 Å². The molecule has 0 unspecified atom stereocenters. The van der Waals surface area contributed by atoms with Gasteiger partial charge in [-0.1, -0.05) is 30.3 Å². The van der Waals surface area contributed by atoms with E-state index >= 15 is 0 Å². The van der Waals surface area contributed by atoms with Crippen LogP contribution < -0.4 is 9.80 Å². The molecule has 0 spiro atoms. The predicted molar refractivity (Wildman–Crippen MR) is 101 cm³/mol. The van der Waals surface area contributed by atoms with Crippen LogP contribution in [0.4, 0.5) is 11.4 Å². The van der Waals surface area contributed by atoms with Crippen molar-refractivity contribution in [1.29, 1.82) is 0 Å². The number of nitro benzene ring substituents is 1. The number of likely N-dealkylation sites (N-methyl/N-ethyl adjacent to an activating group) is 1. The van der Waals surface area contributed by atoms with Gasteiger partial charge in [-0.2, -0.15) is 0 Å². The van der Waals surface area contributed by atoms with Gasteiger partial charge in [-0.05, 0) is 6.07 Å². The molecule has 0 radical (unpaired) electrons. The molecule has 2 aromatic carbocycles. The predicted octanol–water partition coefficient (Wildman–Crippen LogP) is 2.79. The summed E-state index contributed by atoms with van der Waals surface area (Å²) in [5.74, 6) is -0.201. The largest absolute Gasteiger partial charge is 0.330 e. The molecule has 0 amide bonds. The van der Waals surface area contributed by atoms with Gasteiger partial charge in [0, 0.05) is 36.3 Å². The third-order valence-electron chi connectivity index (χ3n) is 4.62. The van der Waals surface area contributed by atoms with E-state index in [0.717, 1.165) is 26.2 Å². The first-order chi connectivity index (χ1) is 11.5. The summed E-state index contributed by atoms with van der Waals surface area (Å²) >= 11 is 0. The highest BCUT2D eigenvalue weighted by molar-refractivity contribution is 6.09. The molecule has 3 rings (SSSR count). The molecule has 7 heteroatoms. The number of nitrogens with one attached hydrogen (secondary N) is 1. The number of benzene rings is 2. The average Bonchev–Trinajstić information content (AvgIpc) is 2.62. The molecule has 1 saturated heterocycles. The summed E-state index contributed by atoms with van der Waals surface area (Å²) < 4.78 is 0.503. The van der Waals surface area contributed by atoms with Gasteiger partial charge >= 0.3 is 5.69 Å². The number of carbonyl (C=O) groups is 1. The van der Waals surface area contributed by atoms with E-state index in [4.69, 9.17) is 0 Å². The van der Waals surface area contributed by atoms with E-state index in [-0.39, 0.29) is 28.8 Å². The van der Waals surface area contributed by atoms with Gasteiger partial charge in [0.25, 0.3) is 0 Å². The van der Waals surface area contributed by atoms with Gasteiger partial charge in [0.05, 0.1) is 25.1 Å². The van der Waals surface area contributed by atoms with E-state index in [1.165, 1.54) is 6.07 Å². The minimum absolute atomic E-state index is 0. The minimum atomic E-state index is -0.386. The van der Waals surface area contributed by atoms with E-state index in [9.17, 15) is 14.9 Å². The van der Waals surface area contributed by atoms with Gasteiger partial charge in [0.1, 0.15) is 0 Å². The SMILES string of the molecule is C[N+]1(c2ccc(C(=O)c3ccccc3)cc2[N+](=O)[O-])CCNCC1.Cl. The lowest BCUT2D eigenvalue weighted by molar-refractivity contribution is -0.384. The Bertz CT molecular complexity index is 774. The molecule has 0 saturated carbocycles. The molecule has 0 bridgehead atoms. The number of ketones is 1. The number of nitrogens with zero attached hydrogens (tertiary/aromatic N) is 2. The smallest absolute Gasteiger partial charge is 0.306 e. The molecular formula is C18H21ClN3O3+. The van der Waals surface area contributed by atoms with Crippen LogP contribution >= 0.6 is 12.4 Å². The monoisotopic (exact) mass is 362 g/mol. The lowest BCUT2D eigenvalue weighted by Gasteiger charge is -2.37. The van der Waals surface area contributed by atoms with Crippen LogP contribution in [0.25, 0.3) is 0 Å². The normalized spacial score (nSPS) is 15.9. The van der Waals surface area contributed by atoms with Gasteiger partial charge in [0.2, 0.25) is 5.69 Å². The highest BCUT2D eigenvalue weighted by atomic mass is 35.5. The summed E-state index contributed by atoms with van der Waals surface area (Å²) in [7, 11) is 2.00. The van der Waals surface area contributed by atoms with Crippen LogP contribution in [0.15, 0.2) is 48.5 Å². The van der Waals surface area contributed by atoms with Crippen LogP contribution in [0.3, 0.4) is 0 Å². The minimum Gasteiger partial charge on any atom is -0.306 e. The molecule has 2 aromatic rings. The molecule has 0 aliphatic carbocycles. The molecule has 1 aliphatic rings. The number of halogens is 1. The summed E-state index contributed by atoms with van der Waals surface area (Å²) in [6, 6.07) is 13.7. The quantitative estimate of drug-likeness (QED) is 0.393. The van der Waals surface area contributed by atoms with Crippen molar-refractivity contribution in [1.82, 2.24) is 9.80 Å². The zero-order valence-electron chi connectivity index (χ0n) is 14.0. The van der Waals surface area contributed by atoms with Crippen molar-refractivity contribution in [3.05, 3.63) is 69.8 Å². The Morgan fingerprint density at radius 3 is 2.32 bits per heavy atom. The van der Waals surface area contributed by atoms with Gasteiger partial charge in [-0.3, -0.25) is 19.4 Å². The fraction of sp³-hybridized carbons (Fsp3) is 0.278. The standard InChI is InChI=1S/C18H20N3O3.ClH/c1-21(11-9-19-10-12-21)17-8-7-15(13-16(17)20(23)24)18(22)14-5-3-2-4-6-14;/h2-8,13,19H,9-12H2,1H3;1H/q+1;. The number of carbonyl (C=O) groups excluding carboxylic acids is 1. The maximum absolute atomic E-state index is 12.6. The second-order valence-electron chi connectivity index (χ2n) is 6.25. The van der Waals surface area contributed by atoms with Crippen molar-refractivity contribution in [3.63, 3.8) is 0 Å². The number of hydrogen-bond acceptors (Lipinski definition) is 4. The van der Waals surface area contributed by atoms with E-state index in [0.29, 0.717) is 21.3 Å². The molecule has 1 fully saturated rings. The maximum atomic E-state index is 12.6. The van der Waals surface area contributed by atoms with Crippen LogP contribution in [0.1, 0.15) is 15.9 Å². The molecule has 0 atom stereocenters. The highest BCUT2D eigenvalue weighted by Gasteiger charge is 2.35. The zero-order chi connectivity index (χ0) is 17.2. The molecule has 25 heavy (non-hydrogen) atoms. The number of nitro groups is 1. The van der Waals surface area contributed by atoms with Crippen molar-refractivity contribution < 1.29 is 9.72 Å². The summed E-state index contributed by atoms with van der Waals surface area (Å²) in [5, 5.41) is 14.9. The van der Waals surface area contributed by atoms with E-state index < -0.39 is 0 Å². The second-order valence-corrected chi connectivity index (χ2v) is 6.25. The highest BCUT2D eigenvalue weighted by Crippen LogP contribution is 2.34. The van der Waals surface area contributed by atoms with Crippen molar-refractivity contribution in [2.24, 2.45) is 0 Å². The Morgan fingerprint density at radius 1 is 1.08 bits per heavy atom. The first-order valence-corrected chi connectivity index (χ1v) is 7.95. The third kappa shape index (κ3) is 3.87. The molecular weight excluding hydrogens is 342 g/mol. The van der Waals surface area contributed by atoms with E-state index in [1.807, 2.05) is 13.1 Å². The van der Waals surface area contributed by atoms with Crippen molar-refractivity contribution in [2.75, 3.05) is 33.2 Å². The van der Waals surface area contributed by atoms with Crippen molar-refractivity contribution >= 4 is 29.6 Å². The van der Waals surface area contributed by atoms with Gasteiger partial charge in [-0.25, -0.2) is 0 Å². The first kappa shape index (κ1) is 19.1. The fourth-order valence-corrected chi connectivity index (χ4v) is 3.15. The topological polar surface area (TPSA) is 72.2 Å². The fourth-order valence-electron chi connectivity index (χ4n) is 3.15. The van der Waals surface area contributed by atoms with Crippen LogP contribution in [0, 0.1) is 10.1 Å². The zero-order valence-corrected chi connectivity index (χ0v) is 14.8. The average molecular weight is 363 g/mol. The number of rotatable bonds is 4. The maximum Gasteiger partial charge on any atom is 0.330 e. The summed E-state index contributed by atoms with van der Waals surface area (Å²) in [5.41, 5.74) is 1.55. The molecule has 1 N–H and O–H groups in total. The third-order valence-corrected chi connectivity index (χ3v) is 4.62. The Labute approximate surface area is 152 Å². The lowest BCUT2D eigenvalue weighted by atomic mass is 10.0. The molecule has 1 heterocycles. The Balaban J connectivity index is 0.00000225. The lowest BCUT2D eigenvalue weighted by Crippen LogP contribution is -2.57. The van der Waals surface area contributed by atoms with Crippen LogP contribution in [0.2, 0.25) is 0 Å². The first-order valence-electron chi connectivity index (χ1n) is 7.95. The van der Waals surface area contributed by atoms with Crippen LogP contribution in [-0.2, 0) is 0 Å².